The summed E-state index contributed by atoms with van der Waals surface area (Å²) in [5, 5.41) is 7.10. The van der Waals surface area contributed by atoms with Crippen molar-refractivity contribution in [1.29, 1.82) is 0 Å². The normalized spacial score (nSPS) is 21.3. The van der Waals surface area contributed by atoms with E-state index in [1.807, 2.05) is 0 Å². The number of nitrogens with one attached hydrogen (secondary N) is 2. The van der Waals surface area contributed by atoms with Crippen molar-refractivity contribution in [2.75, 3.05) is 26.2 Å². The third-order valence-electron chi connectivity index (χ3n) is 4.34. The van der Waals surface area contributed by atoms with E-state index in [0.717, 1.165) is 26.2 Å². The Bertz CT molecular complexity index is 264. The molecule has 0 amide bonds. The van der Waals surface area contributed by atoms with Gasteiger partial charge in [-0.05, 0) is 32.7 Å². The Hall–Kier alpha value is 0.894. The Kier molecular flexibility index (Phi) is 9.54. The predicted octanol–water partition coefficient (Wildman–Crippen LogP) is 2.98. The van der Waals surface area contributed by atoms with Crippen molar-refractivity contribution in [3.63, 3.8) is 0 Å². The summed E-state index contributed by atoms with van der Waals surface area (Å²) < 4.78 is 2.43. The molecular formula is C13H33Cl2N3Si2. The second kappa shape index (κ2) is 9.13. The highest BCUT2D eigenvalue weighted by molar-refractivity contribution is 7.71. The van der Waals surface area contributed by atoms with E-state index in [-0.39, 0.29) is 11.3 Å². The third kappa shape index (κ3) is 4.21. The lowest BCUT2D eigenvalue weighted by Crippen LogP contribution is -2.78. The van der Waals surface area contributed by atoms with Gasteiger partial charge >= 0.3 is 0 Å². The van der Waals surface area contributed by atoms with Crippen LogP contribution in [0, 0.1) is 0 Å². The van der Waals surface area contributed by atoms with E-state index in [9.17, 15) is 0 Å². The maximum absolute atomic E-state index is 7.34. The highest BCUT2D eigenvalue weighted by atomic mass is 35.6. The molecule has 3 atom stereocenters. The smallest absolute Gasteiger partial charge is 0.234 e. The fraction of sp³-hybridized carbons (Fsp3) is 1.00. The number of hydrogen-bond acceptors (Lipinski definition) is 3. The predicted molar refractivity (Wildman–Crippen MR) is 98.3 cm³/mol. The van der Waals surface area contributed by atoms with Gasteiger partial charge < -0.3 is 15.2 Å². The third-order valence-corrected chi connectivity index (χ3v) is 27.9. The summed E-state index contributed by atoms with van der Waals surface area (Å²) in [6.07, 6.45) is 0. The Morgan fingerprint density at radius 1 is 0.900 bits per heavy atom. The summed E-state index contributed by atoms with van der Waals surface area (Å²) in [6, 6.07) is 0. The molecule has 2 unspecified atom stereocenters. The van der Waals surface area contributed by atoms with Crippen molar-refractivity contribution in [2.45, 2.75) is 59.4 Å². The largest absolute Gasteiger partial charge is 0.316 e. The van der Waals surface area contributed by atoms with Crippen LogP contribution < -0.4 is 10.6 Å². The lowest BCUT2D eigenvalue weighted by atomic mass is 10.6. The highest BCUT2D eigenvalue weighted by Crippen LogP contribution is 2.35. The summed E-state index contributed by atoms with van der Waals surface area (Å²) in [7, 11) is -2.20. The number of nitrogens with zero attached hydrogens (tertiary/aromatic N) is 1. The van der Waals surface area contributed by atoms with E-state index in [2.05, 4.69) is 63.3 Å². The minimum absolute atomic E-state index is 0.290. The minimum atomic E-state index is -2.25. The van der Waals surface area contributed by atoms with Gasteiger partial charge in [-0.3, -0.25) is 0 Å². The van der Waals surface area contributed by atoms with Crippen LogP contribution in [-0.4, -0.2) is 56.0 Å². The van der Waals surface area contributed by atoms with Gasteiger partial charge in [0.05, 0.1) is 0 Å². The van der Waals surface area contributed by atoms with Crippen molar-refractivity contribution in [3.8, 4) is 0 Å². The summed E-state index contributed by atoms with van der Waals surface area (Å²) in [5.41, 5.74) is 0.580. The molecule has 0 aromatic heterocycles. The van der Waals surface area contributed by atoms with Gasteiger partial charge in [-0.15, -0.1) is 11.1 Å². The number of rotatable bonds is 10. The van der Waals surface area contributed by atoms with Crippen LogP contribution in [0.25, 0.3) is 0 Å². The van der Waals surface area contributed by atoms with Crippen molar-refractivity contribution in [3.05, 3.63) is 0 Å². The van der Waals surface area contributed by atoms with Crippen molar-refractivity contribution in [1.82, 2.24) is 15.2 Å². The SMILES string of the molecule is CCNC(C)[Si](Cl)(C(C)NCC)[Si@](C)(Cl)N(CC)CC. The van der Waals surface area contributed by atoms with Gasteiger partial charge in [-0.25, -0.2) is 0 Å². The second-order valence-corrected chi connectivity index (χ2v) is 22.6. The van der Waals surface area contributed by atoms with Crippen LogP contribution in [-0.2, 0) is 0 Å². The Balaban J connectivity index is 5.59. The van der Waals surface area contributed by atoms with Gasteiger partial charge in [0.25, 0.3) is 0 Å². The first-order valence-electron chi connectivity index (χ1n) is 7.83. The van der Waals surface area contributed by atoms with Crippen LogP contribution >= 0.6 is 22.2 Å². The molecule has 0 saturated carbocycles. The maximum atomic E-state index is 7.34. The van der Waals surface area contributed by atoms with Gasteiger partial charge in [-0.1, -0.05) is 41.5 Å². The molecule has 0 aliphatic heterocycles. The average molecular weight is 359 g/mol. The molecule has 0 fully saturated rings. The fourth-order valence-electron chi connectivity index (χ4n) is 3.13. The molecular weight excluding hydrogens is 325 g/mol. The van der Waals surface area contributed by atoms with E-state index < -0.39 is 14.0 Å². The first kappa shape index (κ1) is 20.9. The summed E-state index contributed by atoms with van der Waals surface area (Å²) >= 11 is 14.5. The lowest BCUT2D eigenvalue weighted by Gasteiger charge is -2.49. The first-order chi connectivity index (χ1) is 9.23. The molecule has 0 radical (unpaired) electrons. The van der Waals surface area contributed by atoms with Gasteiger partial charge in [0, 0.05) is 11.3 Å². The molecule has 3 nitrogen and oxygen atoms in total. The Morgan fingerprint density at radius 3 is 1.50 bits per heavy atom. The van der Waals surface area contributed by atoms with Crippen LogP contribution in [0.5, 0.6) is 0 Å². The topological polar surface area (TPSA) is 27.3 Å². The van der Waals surface area contributed by atoms with Crippen LogP contribution in [0.1, 0.15) is 41.5 Å². The number of halogens is 2. The van der Waals surface area contributed by atoms with Crippen molar-refractivity contribution >= 4 is 36.1 Å². The molecule has 0 heterocycles. The molecule has 2 N–H and O–H groups in total. The minimum Gasteiger partial charge on any atom is -0.316 e. The fourth-order valence-corrected chi connectivity index (χ4v) is 21.1. The lowest BCUT2D eigenvalue weighted by molar-refractivity contribution is 0.481. The van der Waals surface area contributed by atoms with Gasteiger partial charge in [0.15, 0.2) is 0 Å². The van der Waals surface area contributed by atoms with E-state index in [1.165, 1.54) is 0 Å². The Morgan fingerprint density at radius 2 is 1.25 bits per heavy atom. The molecule has 0 saturated heterocycles. The molecule has 7 heteroatoms. The summed E-state index contributed by atoms with van der Waals surface area (Å²) in [5.74, 6) is 0. The Labute approximate surface area is 137 Å². The molecule has 0 aromatic rings. The van der Waals surface area contributed by atoms with Crippen LogP contribution in [0.15, 0.2) is 0 Å². The van der Waals surface area contributed by atoms with E-state index in [0.29, 0.717) is 0 Å². The quantitative estimate of drug-likeness (QED) is 0.464. The van der Waals surface area contributed by atoms with E-state index >= 15 is 0 Å². The van der Waals surface area contributed by atoms with Gasteiger partial charge in [0.2, 0.25) is 14.0 Å². The van der Waals surface area contributed by atoms with E-state index in [4.69, 9.17) is 22.2 Å². The summed E-state index contributed by atoms with van der Waals surface area (Å²) in [6.45, 7) is 16.8. The first-order valence-corrected chi connectivity index (χ1v) is 15.5. The van der Waals surface area contributed by atoms with E-state index in [1.54, 1.807) is 0 Å². The van der Waals surface area contributed by atoms with Gasteiger partial charge in [0.1, 0.15) is 0 Å². The summed E-state index contributed by atoms with van der Waals surface area (Å²) in [4.78, 5) is 0. The van der Waals surface area contributed by atoms with Crippen LogP contribution in [0.3, 0.4) is 0 Å². The highest BCUT2D eigenvalue weighted by Gasteiger charge is 2.60. The monoisotopic (exact) mass is 357 g/mol. The molecule has 0 rings (SSSR count). The molecule has 0 aliphatic rings. The molecule has 122 valence electrons. The molecule has 20 heavy (non-hydrogen) atoms. The molecule has 0 aromatic carbocycles. The number of hydrogen-bond donors (Lipinski definition) is 2. The standard InChI is InChI=1S/C13H33Cl2N3Si2/c1-8-16-12(5)20(15,13(6)17-9-2)19(7,14)18(10-3)11-4/h12-13,16-17H,8-11H2,1-7H3/t12?,13?,19-,20?/m1/s1. The van der Waals surface area contributed by atoms with Crippen LogP contribution in [0.4, 0.5) is 0 Å². The van der Waals surface area contributed by atoms with Crippen molar-refractivity contribution in [2.24, 2.45) is 0 Å². The molecule has 0 spiro atoms. The molecule has 0 bridgehead atoms. The van der Waals surface area contributed by atoms with Crippen LogP contribution in [0.2, 0.25) is 6.55 Å². The zero-order chi connectivity index (χ0) is 16.0. The maximum Gasteiger partial charge on any atom is 0.234 e. The zero-order valence-corrected chi connectivity index (χ0v) is 17.7. The van der Waals surface area contributed by atoms with Gasteiger partial charge in [-0.2, -0.15) is 11.1 Å². The second-order valence-electron chi connectivity index (χ2n) is 5.45. The molecule has 0 aliphatic carbocycles. The zero-order valence-electron chi connectivity index (χ0n) is 14.2. The average Bonchev–Trinajstić information content (AvgIpc) is 2.39. The van der Waals surface area contributed by atoms with Crippen molar-refractivity contribution < 1.29 is 0 Å².